The summed E-state index contributed by atoms with van der Waals surface area (Å²) in [6, 6.07) is 0. The molecule has 0 unspecified atom stereocenters. The average Bonchev–Trinajstić information content (AvgIpc) is 2.91. The Hall–Kier alpha value is -0.340. The molecule has 0 aromatic carbocycles. The van der Waals surface area contributed by atoms with Crippen LogP contribution in [0.4, 0.5) is 0 Å². The van der Waals surface area contributed by atoms with Crippen LogP contribution in [0.3, 0.4) is 0 Å². The van der Waals surface area contributed by atoms with E-state index in [1.807, 2.05) is 0 Å². The van der Waals surface area contributed by atoms with Crippen LogP contribution in [-0.4, -0.2) is 26.8 Å². The lowest BCUT2D eigenvalue weighted by atomic mass is 10.0. The molecular weight excluding hydrogens is 162 g/mol. The second kappa shape index (κ2) is 5.40. The van der Waals surface area contributed by atoms with Crippen molar-refractivity contribution in [3.8, 4) is 0 Å². The van der Waals surface area contributed by atoms with Crippen molar-refractivity contribution in [1.82, 2.24) is 5.32 Å². The van der Waals surface area contributed by atoms with Gasteiger partial charge in [0.05, 0.1) is 0 Å². The Balaban J connectivity index is 2.05. The predicted octanol–water partition coefficient (Wildman–Crippen LogP) is 1.97. The second-order valence-corrected chi connectivity index (χ2v) is 3.94. The monoisotopic (exact) mass is 183 g/mol. The van der Waals surface area contributed by atoms with Gasteiger partial charge in [-0.3, -0.25) is 0 Å². The molecule has 2 nitrogen and oxygen atoms in total. The van der Waals surface area contributed by atoms with Crippen molar-refractivity contribution in [1.29, 1.82) is 0 Å². The van der Waals surface area contributed by atoms with E-state index in [0.29, 0.717) is 5.41 Å². The van der Waals surface area contributed by atoms with E-state index in [1.54, 1.807) is 7.11 Å². The third-order valence-electron chi connectivity index (χ3n) is 2.79. The third-order valence-corrected chi connectivity index (χ3v) is 2.79. The van der Waals surface area contributed by atoms with Crippen molar-refractivity contribution in [2.75, 3.05) is 26.8 Å². The lowest BCUT2D eigenvalue weighted by molar-refractivity contribution is 0.171. The average molecular weight is 183 g/mol. The quantitative estimate of drug-likeness (QED) is 0.481. The minimum Gasteiger partial charge on any atom is -0.385 e. The largest absolute Gasteiger partial charge is 0.385 e. The standard InChI is InChI=1S/C11H21NO/c1-3-4-8-12-10-11(5-6-11)7-9-13-2/h3-4,12H,5-10H2,1-2H3/b4-3+. The van der Waals surface area contributed by atoms with E-state index in [2.05, 4.69) is 24.4 Å². The van der Waals surface area contributed by atoms with E-state index < -0.39 is 0 Å². The minimum absolute atomic E-state index is 0.581. The van der Waals surface area contributed by atoms with Crippen LogP contribution in [0.2, 0.25) is 0 Å². The molecule has 0 heterocycles. The lowest BCUT2D eigenvalue weighted by Gasteiger charge is -2.14. The van der Waals surface area contributed by atoms with Crippen LogP contribution < -0.4 is 5.32 Å². The fourth-order valence-electron chi connectivity index (χ4n) is 1.55. The molecule has 1 N–H and O–H groups in total. The topological polar surface area (TPSA) is 21.3 Å². The van der Waals surface area contributed by atoms with Crippen LogP contribution >= 0.6 is 0 Å². The fraction of sp³-hybridized carbons (Fsp3) is 0.818. The van der Waals surface area contributed by atoms with Crippen LogP contribution in [0.25, 0.3) is 0 Å². The summed E-state index contributed by atoms with van der Waals surface area (Å²) in [5, 5.41) is 3.46. The fourth-order valence-corrected chi connectivity index (χ4v) is 1.55. The first-order valence-corrected chi connectivity index (χ1v) is 5.14. The zero-order valence-electron chi connectivity index (χ0n) is 8.81. The Bertz CT molecular complexity index is 161. The van der Waals surface area contributed by atoms with Crippen molar-refractivity contribution >= 4 is 0 Å². The number of ether oxygens (including phenoxy) is 1. The van der Waals surface area contributed by atoms with Gasteiger partial charge in [-0.1, -0.05) is 12.2 Å². The van der Waals surface area contributed by atoms with E-state index in [-0.39, 0.29) is 0 Å². The summed E-state index contributed by atoms with van der Waals surface area (Å²) in [4.78, 5) is 0. The van der Waals surface area contributed by atoms with E-state index in [9.17, 15) is 0 Å². The van der Waals surface area contributed by atoms with E-state index in [1.165, 1.54) is 19.3 Å². The molecule has 1 aliphatic carbocycles. The normalized spacial score (nSPS) is 19.5. The molecule has 0 amide bonds. The lowest BCUT2D eigenvalue weighted by Crippen LogP contribution is -2.25. The maximum absolute atomic E-state index is 5.10. The molecule has 1 aliphatic rings. The van der Waals surface area contributed by atoms with Crippen molar-refractivity contribution in [3.05, 3.63) is 12.2 Å². The van der Waals surface area contributed by atoms with Gasteiger partial charge in [0, 0.05) is 26.8 Å². The van der Waals surface area contributed by atoms with Gasteiger partial charge in [0.25, 0.3) is 0 Å². The smallest absolute Gasteiger partial charge is 0.0468 e. The van der Waals surface area contributed by atoms with Crippen LogP contribution in [0, 0.1) is 5.41 Å². The molecule has 0 radical (unpaired) electrons. The molecule has 0 aliphatic heterocycles. The van der Waals surface area contributed by atoms with Crippen LogP contribution in [0.5, 0.6) is 0 Å². The molecular formula is C11H21NO. The first kappa shape index (κ1) is 10.7. The van der Waals surface area contributed by atoms with Crippen molar-refractivity contribution in [2.24, 2.45) is 5.41 Å². The van der Waals surface area contributed by atoms with Crippen molar-refractivity contribution in [3.63, 3.8) is 0 Å². The van der Waals surface area contributed by atoms with Gasteiger partial charge in [0.15, 0.2) is 0 Å². The maximum atomic E-state index is 5.10. The van der Waals surface area contributed by atoms with E-state index in [4.69, 9.17) is 4.74 Å². The Morgan fingerprint density at radius 3 is 2.77 bits per heavy atom. The highest BCUT2D eigenvalue weighted by Gasteiger charge is 2.41. The van der Waals surface area contributed by atoms with E-state index in [0.717, 1.165) is 19.7 Å². The molecule has 13 heavy (non-hydrogen) atoms. The number of rotatable bonds is 7. The summed E-state index contributed by atoms with van der Waals surface area (Å²) in [6.07, 6.45) is 8.21. The molecule has 2 heteroatoms. The van der Waals surface area contributed by atoms with Gasteiger partial charge in [0.2, 0.25) is 0 Å². The SMILES string of the molecule is C/C=C/CNCC1(CCOC)CC1. The molecule has 76 valence electrons. The molecule has 0 aromatic rings. The van der Waals surface area contributed by atoms with Crippen LogP contribution in [-0.2, 0) is 4.74 Å². The Morgan fingerprint density at radius 1 is 1.46 bits per heavy atom. The summed E-state index contributed by atoms with van der Waals surface area (Å²) in [5.74, 6) is 0. The third kappa shape index (κ3) is 3.92. The van der Waals surface area contributed by atoms with Gasteiger partial charge in [-0.2, -0.15) is 0 Å². The molecule has 0 aromatic heterocycles. The highest BCUT2D eigenvalue weighted by atomic mass is 16.5. The molecule has 0 spiro atoms. The number of hydrogen-bond acceptors (Lipinski definition) is 2. The highest BCUT2D eigenvalue weighted by molar-refractivity contribution is 4.95. The Kier molecular flexibility index (Phi) is 4.46. The summed E-state index contributed by atoms with van der Waals surface area (Å²) in [7, 11) is 1.78. The van der Waals surface area contributed by atoms with Crippen molar-refractivity contribution < 1.29 is 4.74 Å². The summed E-state index contributed by atoms with van der Waals surface area (Å²) >= 11 is 0. The molecule has 1 fully saturated rings. The second-order valence-electron chi connectivity index (χ2n) is 3.94. The van der Waals surface area contributed by atoms with Gasteiger partial charge >= 0.3 is 0 Å². The predicted molar refractivity (Wildman–Crippen MR) is 55.8 cm³/mol. The van der Waals surface area contributed by atoms with Gasteiger partial charge in [0.1, 0.15) is 0 Å². The van der Waals surface area contributed by atoms with Crippen LogP contribution in [0.15, 0.2) is 12.2 Å². The van der Waals surface area contributed by atoms with Crippen molar-refractivity contribution in [2.45, 2.75) is 26.2 Å². The van der Waals surface area contributed by atoms with Gasteiger partial charge in [-0.05, 0) is 31.6 Å². The van der Waals surface area contributed by atoms with Gasteiger partial charge in [-0.25, -0.2) is 0 Å². The molecule has 1 saturated carbocycles. The first-order valence-electron chi connectivity index (χ1n) is 5.14. The molecule has 0 bridgehead atoms. The first-order chi connectivity index (χ1) is 6.33. The zero-order valence-corrected chi connectivity index (χ0v) is 8.81. The van der Waals surface area contributed by atoms with Gasteiger partial charge in [-0.15, -0.1) is 0 Å². The summed E-state index contributed by atoms with van der Waals surface area (Å²) < 4.78 is 5.10. The summed E-state index contributed by atoms with van der Waals surface area (Å²) in [6.45, 7) is 5.12. The van der Waals surface area contributed by atoms with Gasteiger partial charge < -0.3 is 10.1 Å². The summed E-state index contributed by atoms with van der Waals surface area (Å²) in [5.41, 5.74) is 0.581. The minimum atomic E-state index is 0.581. The van der Waals surface area contributed by atoms with E-state index >= 15 is 0 Å². The number of nitrogens with one attached hydrogen (secondary N) is 1. The Morgan fingerprint density at radius 2 is 2.23 bits per heavy atom. The maximum Gasteiger partial charge on any atom is 0.0468 e. The Labute approximate surface area is 81.4 Å². The molecule has 0 saturated heterocycles. The molecule has 0 atom stereocenters. The number of methoxy groups -OCH3 is 1. The molecule has 1 rings (SSSR count). The van der Waals surface area contributed by atoms with Crippen LogP contribution in [0.1, 0.15) is 26.2 Å². The zero-order chi connectivity index (χ0) is 9.57. The number of hydrogen-bond donors (Lipinski definition) is 1. The highest BCUT2D eigenvalue weighted by Crippen LogP contribution is 2.48. The number of allylic oxidation sites excluding steroid dienone is 1.